The number of carbonyl (C=O) groups excluding carboxylic acids is 1. The average Bonchev–Trinajstić information content (AvgIpc) is 2.75. The highest BCUT2D eigenvalue weighted by molar-refractivity contribution is 5.76. The molecule has 12 atom stereocenters. The van der Waals surface area contributed by atoms with Gasteiger partial charge in [-0.2, -0.15) is 0 Å². The third-order valence-corrected chi connectivity index (χ3v) is 16.7. The molecule has 2 aliphatic heterocycles. The van der Waals surface area contributed by atoms with E-state index < -0.39 is 86.8 Å². The van der Waals surface area contributed by atoms with Crippen LogP contribution < -0.4 is 5.32 Å². The fourth-order valence-corrected chi connectivity index (χ4v) is 11.1. The molecule has 0 radical (unpaired) electrons. The van der Waals surface area contributed by atoms with E-state index in [-0.39, 0.29) is 18.9 Å². The van der Waals surface area contributed by atoms with Crippen LogP contribution >= 0.6 is 0 Å². The molecule has 0 spiro atoms. The molecule has 12 unspecified atom stereocenters. The van der Waals surface area contributed by atoms with Gasteiger partial charge in [-0.25, -0.2) is 0 Å². The fourth-order valence-electron chi connectivity index (χ4n) is 11.1. The first kappa shape index (κ1) is 81.7. The number of hydrogen-bond acceptors (Lipinski definition) is 13. The summed E-state index contributed by atoms with van der Waals surface area (Å²) in [5.41, 5.74) is 0. The Labute approximate surface area is 540 Å². The second-order valence-corrected chi connectivity index (χ2v) is 24.6. The zero-order chi connectivity index (χ0) is 64.5. The number of rotatable bonds is 57. The van der Waals surface area contributed by atoms with Crippen molar-refractivity contribution in [3.8, 4) is 0 Å². The van der Waals surface area contributed by atoms with Crippen LogP contribution in [0.4, 0.5) is 0 Å². The van der Waals surface area contributed by atoms with E-state index in [4.69, 9.17) is 18.9 Å². The maximum absolute atomic E-state index is 13.3. The second-order valence-electron chi connectivity index (χ2n) is 24.6. The lowest BCUT2D eigenvalue weighted by Crippen LogP contribution is -2.65. The molecule has 0 aromatic heterocycles. The molecule has 1 amide bonds. The molecule has 0 saturated carbocycles. The quantitative estimate of drug-likeness (QED) is 0.0204. The number of allylic oxidation sites excluding steroid dienone is 17. The SMILES string of the molecule is CC/C=C\C/C=C\C/C=C\C/C=C\C/C=C\C/C=C\C/C=C\CCCCCCCC(=O)NC(COC1OC(CO)C(OC2OC(CO)C(O)C(O)C2O)C(O)C1O)C(O)/C=C/CC/C=C/CCCCCCCCCCCCCCCCCCCCCCCC. The average molecular weight is 1250 g/mol. The monoisotopic (exact) mass is 1250 g/mol. The van der Waals surface area contributed by atoms with Crippen LogP contribution in [0.2, 0.25) is 0 Å². The topological polar surface area (TPSA) is 228 Å². The van der Waals surface area contributed by atoms with Crippen molar-refractivity contribution >= 4 is 5.91 Å². The molecular weight excluding hydrogens is 1120 g/mol. The van der Waals surface area contributed by atoms with Gasteiger partial charge in [0.15, 0.2) is 12.6 Å². The smallest absolute Gasteiger partial charge is 0.220 e. The van der Waals surface area contributed by atoms with Gasteiger partial charge in [0.1, 0.15) is 48.8 Å². The minimum Gasteiger partial charge on any atom is -0.394 e. The van der Waals surface area contributed by atoms with Crippen molar-refractivity contribution in [3.63, 3.8) is 0 Å². The summed E-state index contributed by atoms with van der Waals surface area (Å²) >= 11 is 0. The van der Waals surface area contributed by atoms with Crippen molar-refractivity contribution in [2.75, 3.05) is 19.8 Å². The summed E-state index contributed by atoms with van der Waals surface area (Å²) in [5, 5.41) is 87.4. The van der Waals surface area contributed by atoms with E-state index in [1.165, 1.54) is 141 Å². The van der Waals surface area contributed by atoms with Crippen LogP contribution in [0.25, 0.3) is 0 Å². The summed E-state index contributed by atoms with van der Waals surface area (Å²) in [6, 6.07) is -0.952. The maximum Gasteiger partial charge on any atom is 0.220 e. The molecule has 89 heavy (non-hydrogen) atoms. The minimum absolute atomic E-state index is 0.244. The third-order valence-electron chi connectivity index (χ3n) is 16.7. The molecule has 2 heterocycles. The highest BCUT2D eigenvalue weighted by Crippen LogP contribution is 2.30. The van der Waals surface area contributed by atoms with Gasteiger partial charge in [-0.15, -0.1) is 0 Å². The normalized spacial score (nSPS) is 23.7. The van der Waals surface area contributed by atoms with E-state index in [2.05, 4.69) is 116 Å². The predicted octanol–water partition coefficient (Wildman–Crippen LogP) is 14.7. The van der Waals surface area contributed by atoms with Crippen LogP contribution in [0.15, 0.2) is 109 Å². The molecule has 2 saturated heterocycles. The molecule has 0 aromatic rings. The first-order valence-electron chi connectivity index (χ1n) is 35.6. The zero-order valence-corrected chi connectivity index (χ0v) is 55.6. The van der Waals surface area contributed by atoms with Crippen molar-refractivity contribution in [2.24, 2.45) is 0 Å². The molecule has 512 valence electrons. The Morgan fingerprint density at radius 2 is 0.787 bits per heavy atom. The lowest BCUT2D eigenvalue weighted by molar-refractivity contribution is -0.359. The Hall–Kier alpha value is -3.35. The molecular formula is C75H129NO13. The largest absolute Gasteiger partial charge is 0.394 e. The lowest BCUT2D eigenvalue weighted by Gasteiger charge is -2.46. The number of carbonyl (C=O) groups is 1. The Morgan fingerprint density at radius 3 is 1.24 bits per heavy atom. The molecule has 14 heteroatoms. The molecule has 0 aliphatic carbocycles. The van der Waals surface area contributed by atoms with Gasteiger partial charge in [0.2, 0.25) is 5.91 Å². The van der Waals surface area contributed by atoms with Gasteiger partial charge in [0.25, 0.3) is 0 Å². The number of amides is 1. The van der Waals surface area contributed by atoms with Gasteiger partial charge in [-0.05, 0) is 89.9 Å². The molecule has 0 bridgehead atoms. The predicted molar refractivity (Wildman–Crippen MR) is 364 cm³/mol. The minimum atomic E-state index is -1.80. The van der Waals surface area contributed by atoms with Crippen molar-refractivity contribution in [3.05, 3.63) is 109 Å². The number of nitrogens with one attached hydrogen (secondary N) is 1. The summed E-state index contributed by atoms with van der Waals surface area (Å²) in [7, 11) is 0. The van der Waals surface area contributed by atoms with Gasteiger partial charge in [0.05, 0.1) is 32.0 Å². The summed E-state index contributed by atoms with van der Waals surface area (Å²) in [4.78, 5) is 13.3. The highest BCUT2D eigenvalue weighted by atomic mass is 16.7. The van der Waals surface area contributed by atoms with E-state index >= 15 is 0 Å². The second kappa shape index (κ2) is 58.5. The van der Waals surface area contributed by atoms with Gasteiger partial charge < -0.3 is 65.1 Å². The molecule has 2 rings (SSSR count). The molecule has 2 fully saturated rings. The van der Waals surface area contributed by atoms with Gasteiger partial charge in [0, 0.05) is 6.42 Å². The number of ether oxygens (including phenoxy) is 4. The van der Waals surface area contributed by atoms with E-state index in [1.54, 1.807) is 6.08 Å². The summed E-state index contributed by atoms with van der Waals surface area (Å²) in [6.07, 6.45) is 67.1. The van der Waals surface area contributed by atoms with Crippen LogP contribution in [0, 0.1) is 0 Å². The van der Waals surface area contributed by atoms with Crippen molar-refractivity contribution in [2.45, 2.75) is 338 Å². The third kappa shape index (κ3) is 42.5. The number of hydrogen-bond donors (Lipinski definition) is 9. The lowest BCUT2D eigenvalue weighted by atomic mass is 9.97. The zero-order valence-electron chi connectivity index (χ0n) is 55.6. The number of aliphatic hydroxyl groups excluding tert-OH is 8. The molecule has 2 aliphatic rings. The maximum atomic E-state index is 13.3. The molecule has 0 aromatic carbocycles. The Balaban J connectivity index is 1.72. The molecule has 9 N–H and O–H groups in total. The number of unbranched alkanes of at least 4 members (excludes halogenated alkanes) is 28. The van der Waals surface area contributed by atoms with Crippen LogP contribution in [-0.4, -0.2) is 140 Å². The van der Waals surface area contributed by atoms with Crippen LogP contribution in [0.1, 0.15) is 264 Å². The Morgan fingerprint density at radius 1 is 0.416 bits per heavy atom. The number of aliphatic hydroxyl groups is 8. The van der Waals surface area contributed by atoms with Crippen molar-refractivity contribution < 1.29 is 64.6 Å². The van der Waals surface area contributed by atoms with Crippen LogP contribution in [0.5, 0.6) is 0 Å². The summed E-state index contributed by atoms with van der Waals surface area (Å²) in [6.45, 7) is 2.67. The van der Waals surface area contributed by atoms with Gasteiger partial charge in [-0.3, -0.25) is 4.79 Å². The van der Waals surface area contributed by atoms with E-state index in [1.807, 2.05) is 6.08 Å². The van der Waals surface area contributed by atoms with Crippen molar-refractivity contribution in [1.29, 1.82) is 0 Å². The van der Waals surface area contributed by atoms with Gasteiger partial charge in [-0.1, -0.05) is 277 Å². The Bertz CT molecular complexity index is 1910. The van der Waals surface area contributed by atoms with Crippen molar-refractivity contribution in [1.82, 2.24) is 5.32 Å². The van der Waals surface area contributed by atoms with Gasteiger partial charge >= 0.3 is 0 Å². The first-order valence-corrected chi connectivity index (χ1v) is 35.6. The van der Waals surface area contributed by atoms with Crippen LogP contribution in [-0.2, 0) is 23.7 Å². The highest BCUT2D eigenvalue weighted by Gasteiger charge is 2.51. The first-order chi connectivity index (χ1) is 43.6. The van der Waals surface area contributed by atoms with E-state index in [0.29, 0.717) is 12.8 Å². The molecule has 14 nitrogen and oxygen atoms in total. The summed E-state index contributed by atoms with van der Waals surface area (Å²) in [5.74, 6) is -0.270. The van der Waals surface area contributed by atoms with Crippen LogP contribution in [0.3, 0.4) is 0 Å². The Kier molecular flexibility index (Phi) is 53.7. The standard InChI is InChI=1S/C75H129NO13/c1-3-5-7-9-11-13-15-17-19-21-23-25-27-29-31-33-34-36-38-40-42-44-46-48-50-52-54-56-58-64(79)63(62-86-74-72(85)70(83)73(66(61-78)88-74)89-75-71(84)69(82)68(81)65(60-77)87-75)76-67(80)59-57-55-53-51-49-47-45-43-41-39-37-35-32-30-28-26-24-22-20-18-16-14-12-10-8-6-4-2/h6,8,12,14,18,20,24,26,30,32,37,39,43,45,48,50,56,58,63-66,68-75,77-79,81-85H,3-5,7,9-11,13,15-17,19,21-23,25,27-29,31,33-36,38,40-42,44,46-47,49,51-55,57,59-62H2,1-2H3,(H,76,80)/b8-6-,14-12-,20-18-,26-24-,32-30-,39-37-,45-43-,50-48+,58-56+. The summed E-state index contributed by atoms with van der Waals surface area (Å²) < 4.78 is 22.8. The van der Waals surface area contributed by atoms with E-state index in [0.717, 1.165) is 89.9 Å². The fraction of sp³-hybridized carbons (Fsp3) is 0.747. The van der Waals surface area contributed by atoms with E-state index in [9.17, 15) is 45.6 Å².